The van der Waals surface area contributed by atoms with Gasteiger partial charge < -0.3 is 4.57 Å². The van der Waals surface area contributed by atoms with Crippen LogP contribution in [-0.4, -0.2) is 50.3 Å². The Labute approximate surface area is 165 Å². The van der Waals surface area contributed by atoms with E-state index >= 15 is 0 Å². The quantitative estimate of drug-likeness (QED) is 0.636. The molecule has 0 amide bonds. The van der Waals surface area contributed by atoms with Gasteiger partial charge in [0.2, 0.25) is 0 Å². The van der Waals surface area contributed by atoms with Crippen molar-refractivity contribution >= 4 is 12.2 Å². The Morgan fingerprint density at radius 1 is 0.889 bits per heavy atom. The Kier molecular flexibility index (Phi) is 5.48. The average Bonchev–Trinajstić information content (AvgIpc) is 3.03. The molecule has 4 rings (SSSR count). The van der Waals surface area contributed by atoms with Gasteiger partial charge in [0.25, 0.3) is 0 Å². The summed E-state index contributed by atoms with van der Waals surface area (Å²) < 4.78 is 4.55. The summed E-state index contributed by atoms with van der Waals surface area (Å²) in [6, 6.07) is 21.9. The highest BCUT2D eigenvalue weighted by atomic mass is 32.1. The molecule has 1 fully saturated rings. The van der Waals surface area contributed by atoms with E-state index in [1.165, 1.54) is 11.1 Å². The van der Waals surface area contributed by atoms with E-state index < -0.39 is 0 Å². The minimum atomic E-state index is 0.298. The maximum atomic E-state index is 5.41. The molecule has 0 radical (unpaired) electrons. The molecule has 0 unspecified atom stereocenters. The van der Waals surface area contributed by atoms with E-state index in [1.54, 1.807) is 6.33 Å². The number of aryl methyl sites for hydroxylation is 1. The Hall–Kier alpha value is -2.28. The number of piperazine rings is 1. The molecule has 1 aliphatic rings. The van der Waals surface area contributed by atoms with Crippen LogP contribution in [-0.2, 0) is 13.7 Å². The molecule has 0 bridgehead atoms. The van der Waals surface area contributed by atoms with Crippen molar-refractivity contribution in [3.05, 3.63) is 82.9 Å². The van der Waals surface area contributed by atoms with E-state index in [4.69, 9.17) is 12.2 Å². The Morgan fingerprint density at radius 2 is 1.44 bits per heavy atom. The Balaban J connectivity index is 1.49. The lowest BCUT2D eigenvalue weighted by Gasteiger charge is -2.39. The molecule has 0 N–H and O–H groups in total. The van der Waals surface area contributed by atoms with Gasteiger partial charge in [-0.2, -0.15) is 5.10 Å². The molecule has 5 nitrogen and oxygen atoms in total. The number of nitrogens with zero attached hydrogens (tertiary/aromatic N) is 5. The van der Waals surface area contributed by atoms with Gasteiger partial charge in [0.15, 0.2) is 4.77 Å². The lowest BCUT2D eigenvalue weighted by Crippen LogP contribution is -2.48. The highest BCUT2D eigenvalue weighted by Gasteiger charge is 2.26. The largest absolute Gasteiger partial charge is 0.310 e. The standard InChI is InChI=1S/C21H25N5S/c1-23-16-22-26(21(23)27)17-24-12-14-25(15-13-24)20(18-8-4-2-5-9-18)19-10-6-3-7-11-19/h2-11,16,20H,12-15,17H2,1H3. The second-order valence-corrected chi connectivity index (χ2v) is 7.41. The second kappa shape index (κ2) is 8.17. The number of hydrogen-bond acceptors (Lipinski definition) is 4. The number of hydrogen-bond donors (Lipinski definition) is 0. The molecule has 6 heteroatoms. The van der Waals surface area contributed by atoms with Gasteiger partial charge in [0.05, 0.1) is 12.7 Å². The van der Waals surface area contributed by atoms with Gasteiger partial charge >= 0.3 is 0 Å². The van der Waals surface area contributed by atoms with Crippen LogP contribution < -0.4 is 0 Å². The molecule has 0 saturated carbocycles. The van der Waals surface area contributed by atoms with Crippen molar-refractivity contribution in [2.45, 2.75) is 12.7 Å². The molecule has 140 valence electrons. The molecule has 0 spiro atoms. The zero-order valence-corrected chi connectivity index (χ0v) is 16.4. The summed E-state index contributed by atoms with van der Waals surface area (Å²) in [4.78, 5) is 5.01. The zero-order valence-electron chi connectivity index (χ0n) is 15.6. The van der Waals surface area contributed by atoms with Gasteiger partial charge in [-0.05, 0) is 23.3 Å². The Morgan fingerprint density at radius 3 is 1.93 bits per heavy atom. The van der Waals surface area contributed by atoms with E-state index in [9.17, 15) is 0 Å². The molecule has 0 atom stereocenters. The fourth-order valence-corrected chi connectivity index (χ4v) is 3.91. The third-order valence-electron chi connectivity index (χ3n) is 5.22. The average molecular weight is 380 g/mol. The van der Waals surface area contributed by atoms with Gasteiger partial charge in [-0.15, -0.1) is 0 Å². The number of rotatable bonds is 5. The minimum absolute atomic E-state index is 0.298. The summed E-state index contributed by atoms with van der Waals surface area (Å²) in [6.07, 6.45) is 1.78. The Bertz CT molecular complexity index is 871. The molecular formula is C21H25N5S. The van der Waals surface area contributed by atoms with E-state index in [0.29, 0.717) is 6.04 Å². The first-order chi connectivity index (χ1) is 13.2. The van der Waals surface area contributed by atoms with Crippen molar-refractivity contribution in [3.63, 3.8) is 0 Å². The van der Waals surface area contributed by atoms with Crippen LogP contribution in [0.25, 0.3) is 0 Å². The summed E-state index contributed by atoms with van der Waals surface area (Å²) in [6.45, 7) is 4.82. The van der Waals surface area contributed by atoms with Crippen LogP contribution in [0.3, 0.4) is 0 Å². The highest BCUT2D eigenvalue weighted by molar-refractivity contribution is 7.71. The van der Waals surface area contributed by atoms with Gasteiger partial charge in [0, 0.05) is 33.2 Å². The fraction of sp³-hybridized carbons (Fsp3) is 0.333. The molecule has 1 aliphatic heterocycles. The van der Waals surface area contributed by atoms with Crippen molar-refractivity contribution in [1.29, 1.82) is 0 Å². The first-order valence-corrected chi connectivity index (χ1v) is 9.78. The van der Waals surface area contributed by atoms with Crippen molar-refractivity contribution < 1.29 is 0 Å². The van der Waals surface area contributed by atoms with Crippen LogP contribution in [0.4, 0.5) is 0 Å². The lowest BCUT2D eigenvalue weighted by molar-refractivity contribution is 0.0843. The summed E-state index contributed by atoms with van der Waals surface area (Å²) in [5.74, 6) is 0. The van der Waals surface area contributed by atoms with E-state index in [0.717, 1.165) is 37.6 Å². The van der Waals surface area contributed by atoms with Crippen LogP contribution in [0.15, 0.2) is 67.0 Å². The maximum Gasteiger partial charge on any atom is 0.198 e. The summed E-state index contributed by atoms with van der Waals surface area (Å²) >= 11 is 5.41. The van der Waals surface area contributed by atoms with Crippen LogP contribution in [0.1, 0.15) is 17.2 Å². The van der Waals surface area contributed by atoms with Gasteiger partial charge in [-0.25, -0.2) is 4.68 Å². The molecule has 2 heterocycles. The van der Waals surface area contributed by atoms with Gasteiger partial charge in [-0.3, -0.25) is 9.80 Å². The maximum absolute atomic E-state index is 5.41. The van der Waals surface area contributed by atoms with Crippen molar-refractivity contribution in [3.8, 4) is 0 Å². The summed E-state index contributed by atoms with van der Waals surface area (Å²) in [5.41, 5.74) is 2.70. The predicted octanol–water partition coefficient (Wildman–Crippen LogP) is 3.32. The molecular weight excluding hydrogens is 354 g/mol. The summed E-state index contributed by atoms with van der Waals surface area (Å²) in [5, 5.41) is 4.38. The topological polar surface area (TPSA) is 29.2 Å². The number of benzene rings is 2. The van der Waals surface area contributed by atoms with Gasteiger partial charge in [0.1, 0.15) is 6.33 Å². The molecule has 27 heavy (non-hydrogen) atoms. The number of aromatic nitrogens is 3. The van der Waals surface area contributed by atoms with E-state index in [-0.39, 0.29) is 0 Å². The van der Waals surface area contributed by atoms with E-state index in [2.05, 4.69) is 75.6 Å². The SMILES string of the molecule is Cn1cnn(CN2CCN(C(c3ccccc3)c3ccccc3)CC2)c1=S. The van der Waals surface area contributed by atoms with Crippen molar-refractivity contribution in [2.24, 2.45) is 7.05 Å². The van der Waals surface area contributed by atoms with Crippen LogP contribution in [0, 0.1) is 4.77 Å². The van der Waals surface area contributed by atoms with Crippen LogP contribution in [0.5, 0.6) is 0 Å². The van der Waals surface area contributed by atoms with Crippen LogP contribution >= 0.6 is 12.2 Å². The summed E-state index contributed by atoms with van der Waals surface area (Å²) in [7, 11) is 1.94. The lowest BCUT2D eigenvalue weighted by atomic mass is 9.96. The minimum Gasteiger partial charge on any atom is -0.310 e. The first kappa shape index (κ1) is 18.1. The van der Waals surface area contributed by atoms with Gasteiger partial charge in [-0.1, -0.05) is 60.7 Å². The molecule has 1 saturated heterocycles. The first-order valence-electron chi connectivity index (χ1n) is 9.37. The third kappa shape index (κ3) is 4.03. The molecule has 0 aliphatic carbocycles. The second-order valence-electron chi connectivity index (χ2n) is 7.04. The molecule has 2 aromatic carbocycles. The molecule has 1 aromatic heterocycles. The molecule has 3 aromatic rings. The highest BCUT2D eigenvalue weighted by Crippen LogP contribution is 2.29. The van der Waals surface area contributed by atoms with Crippen LogP contribution in [0.2, 0.25) is 0 Å². The van der Waals surface area contributed by atoms with Crippen molar-refractivity contribution in [1.82, 2.24) is 24.1 Å². The zero-order chi connectivity index (χ0) is 18.6. The fourth-order valence-electron chi connectivity index (χ4n) is 3.75. The third-order valence-corrected chi connectivity index (χ3v) is 5.72. The van der Waals surface area contributed by atoms with Crippen molar-refractivity contribution in [2.75, 3.05) is 26.2 Å². The predicted molar refractivity (Wildman–Crippen MR) is 110 cm³/mol. The monoisotopic (exact) mass is 379 g/mol. The van der Waals surface area contributed by atoms with E-state index in [1.807, 2.05) is 16.3 Å². The normalized spacial score (nSPS) is 16.1. The smallest absolute Gasteiger partial charge is 0.198 e.